The smallest absolute Gasteiger partial charge is 0.224 e. The van der Waals surface area contributed by atoms with Crippen molar-refractivity contribution in [3.63, 3.8) is 0 Å². The van der Waals surface area contributed by atoms with E-state index in [0.29, 0.717) is 11.8 Å². The minimum absolute atomic E-state index is 0.275. The number of nitrogens with zero attached hydrogens (tertiary/aromatic N) is 6. The average molecular weight is 329 g/mol. The highest BCUT2D eigenvalue weighted by molar-refractivity contribution is 5.44. The Balaban J connectivity index is 1.68. The van der Waals surface area contributed by atoms with E-state index in [-0.39, 0.29) is 6.04 Å². The topological polar surface area (TPSA) is 79.3 Å². The molecule has 3 heterocycles. The Morgan fingerprint density at radius 3 is 2.96 bits per heavy atom. The molecule has 24 heavy (non-hydrogen) atoms. The van der Waals surface area contributed by atoms with Gasteiger partial charge in [-0.1, -0.05) is 0 Å². The summed E-state index contributed by atoms with van der Waals surface area (Å²) in [6.45, 7) is 1.81. The molecule has 3 rings (SSSR count). The second kappa shape index (κ2) is 7.29. The van der Waals surface area contributed by atoms with Gasteiger partial charge in [0.15, 0.2) is 0 Å². The van der Waals surface area contributed by atoms with Crippen LogP contribution in [0, 0.1) is 0 Å². The largest absolute Gasteiger partial charge is 0.481 e. The van der Waals surface area contributed by atoms with Crippen LogP contribution in [0.2, 0.25) is 0 Å². The lowest BCUT2D eigenvalue weighted by Gasteiger charge is -2.34. The van der Waals surface area contributed by atoms with Crippen LogP contribution in [0.25, 0.3) is 0 Å². The molecule has 1 N–H and O–H groups in total. The molecule has 0 spiro atoms. The Labute approximate surface area is 141 Å². The van der Waals surface area contributed by atoms with Gasteiger partial charge in [0.1, 0.15) is 18.0 Å². The van der Waals surface area contributed by atoms with E-state index in [9.17, 15) is 0 Å². The molecule has 8 heteroatoms. The van der Waals surface area contributed by atoms with E-state index < -0.39 is 0 Å². The van der Waals surface area contributed by atoms with Crippen molar-refractivity contribution in [1.82, 2.24) is 19.9 Å². The molecular formula is C16H23N7O. The van der Waals surface area contributed by atoms with Crippen molar-refractivity contribution in [1.29, 1.82) is 0 Å². The van der Waals surface area contributed by atoms with E-state index in [0.717, 1.165) is 37.6 Å². The molecule has 2 aromatic heterocycles. The van der Waals surface area contributed by atoms with E-state index in [1.807, 2.05) is 31.1 Å². The zero-order valence-corrected chi connectivity index (χ0v) is 14.3. The fourth-order valence-corrected chi connectivity index (χ4v) is 2.77. The van der Waals surface area contributed by atoms with Crippen molar-refractivity contribution in [3.8, 4) is 5.88 Å². The molecule has 1 fully saturated rings. The van der Waals surface area contributed by atoms with Crippen molar-refractivity contribution in [2.24, 2.45) is 0 Å². The van der Waals surface area contributed by atoms with Crippen molar-refractivity contribution in [2.45, 2.75) is 18.9 Å². The molecular weight excluding hydrogens is 306 g/mol. The summed E-state index contributed by atoms with van der Waals surface area (Å²) in [6, 6.07) is 4.04. The lowest BCUT2D eigenvalue weighted by molar-refractivity contribution is 0.396. The molecule has 1 saturated heterocycles. The second-order valence-corrected chi connectivity index (χ2v) is 5.98. The second-order valence-electron chi connectivity index (χ2n) is 5.98. The van der Waals surface area contributed by atoms with Crippen molar-refractivity contribution < 1.29 is 4.74 Å². The molecule has 1 aliphatic rings. The monoisotopic (exact) mass is 329 g/mol. The lowest BCUT2D eigenvalue weighted by Crippen LogP contribution is -2.42. The SMILES string of the molecule is COc1cc(N2CCCC(Nc3nccc(N(C)C)n3)C2)ncn1. The number of hydrogen-bond acceptors (Lipinski definition) is 8. The van der Waals surface area contributed by atoms with Gasteiger partial charge in [0.05, 0.1) is 7.11 Å². The minimum Gasteiger partial charge on any atom is -0.481 e. The number of hydrogen-bond donors (Lipinski definition) is 1. The van der Waals surface area contributed by atoms with E-state index in [1.165, 1.54) is 6.33 Å². The molecule has 0 aliphatic carbocycles. The first-order chi connectivity index (χ1) is 11.7. The maximum absolute atomic E-state index is 5.19. The van der Waals surface area contributed by atoms with Crippen LogP contribution in [-0.2, 0) is 0 Å². The summed E-state index contributed by atoms with van der Waals surface area (Å²) in [4.78, 5) is 21.5. The van der Waals surface area contributed by atoms with Crippen LogP contribution in [0.1, 0.15) is 12.8 Å². The summed E-state index contributed by atoms with van der Waals surface area (Å²) in [5.41, 5.74) is 0. The molecule has 0 aromatic carbocycles. The number of ether oxygens (including phenoxy) is 1. The third-order valence-corrected chi connectivity index (χ3v) is 4.01. The maximum atomic E-state index is 5.19. The Morgan fingerprint density at radius 2 is 2.17 bits per heavy atom. The quantitative estimate of drug-likeness (QED) is 0.882. The summed E-state index contributed by atoms with van der Waals surface area (Å²) in [7, 11) is 5.55. The summed E-state index contributed by atoms with van der Waals surface area (Å²) < 4.78 is 5.19. The first-order valence-corrected chi connectivity index (χ1v) is 8.03. The van der Waals surface area contributed by atoms with Gasteiger partial charge in [-0.05, 0) is 18.9 Å². The van der Waals surface area contributed by atoms with Crippen molar-refractivity contribution in [2.75, 3.05) is 49.4 Å². The molecule has 1 atom stereocenters. The lowest BCUT2D eigenvalue weighted by atomic mass is 10.1. The van der Waals surface area contributed by atoms with Crippen LogP contribution in [-0.4, -0.2) is 60.3 Å². The van der Waals surface area contributed by atoms with Gasteiger partial charge in [0.2, 0.25) is 11.8 Å². The molecule has 8 nitrogen and oxygen atoms in total. The molecule has 2 aromatic rings. The van der Waals surface area contributed by atoms with Crippen LogP contribution in [0.3, 0.4) is 0 Å². The molecule has 0 radical (unpaired) electrons. The average Bonchev–Trinajstić information content (AvgIpc) is 2.62. The normalized spacial score (nSPS) is 17.5. The summed E-state index contributed by atoms with van der Waals surface area (Å²) >= 11 is 0. The van der Waals surface area contributed by atoms with Crippen molar-refractivity contribution in [3.05, 3.63) is 24.7 Å². The molecule has 0 bridgehead atoms. The van der Waals surface area contributed by atoms with Gasteiger partial charge in [0, 0.05) is 45.5 Å². The van der Waals surface area contributed by atoms with Gasteiger partial charge in [-0.2, -0.15) is 4.98 Å². The summed E-state index contributed by atoms with van der Waals surface area (Å²) in [5, 5.41) is 3.44. The van der Waals surface area contributed by atoms with E-state index in [1.54, 1.807) is 13.3 Å². The van der Waals surface area contributed by atoms with E-state index >= 15 is 0 Å². The highest BCUT2D eigenvalue weighted by Gasteiger charge is 2.22. The number of rotatable bonds is 5. The number of anilines is 3. The van der Waals surface area contributed by atoms with Crippen LogP contribution < -0.4 is 19.9 Å². The van der Waals surface area contributed by atoms with Gasteiger partial charge in [0.25, 0.3) is 0 Å². The van der Waals surface area contributed by atoms with Gasteiger partial charge >= 0.3 is 0 Å². The third kappa shape index (κ3) is 3.81. The van der Waals surface area contributed by atoms with E-state index in [2.05, 4.69) is 30.2 Å². The van der Waals surface area contributed by atoms with Crippen LogP contribution in [0.5, 0.6) is 5.88 Å². The Kier molecular flexibility index (Phi) is 4.93. The highest BCUT2D eigenvalue weighted by Crippen LogP contribution is 2.21. The van der Waals surface area contributed by atoms with Gasteiger partial charge in [-0.3, -0.25) is 0 Å². The third-order valence-electron chi connectivity index (χ3n) is 4.01. The number of nitrogens with one attached hydrogen (secondary N) is 1. The van der Waals surface area contributed by atoms with Crippen LogP contribution >= 0.6 is 0 Å². The zero-order valence-electron chi connectivity index (χ0n) is 14.3. The molecule has 0 amide bonds. The Bertz CT molecular complexity index is 679. The molecule has 128 valence electrons. The van der Waals surface area contributed by atoms with Crippen LogP contribution in [0.4, 0.5) is 17.6 Å². The number of methoxy groups -OCH3 is 1. The summed E-state index contributed by atoms with van der Waals surface area (Å²) in [5.74, 6) is 3.02. The predicted molar refractivity (Wildman–Crippen MR) is 93.8 cm³/mol. The predicted octanol–water partition coefficient (Wildman–Crippen LogP) is 1.42. The number of piperidine rings is 1. The summed E-state index contributed by atoms with van der Waals surface area (Å²) in [6.07, 6.45) is 5.47. The standard InChI is InChI=1S/C16H23N7O/c1-22(2)13-6-7-17-16(21-13)20-12-5-4-8-23(10-12)14-9-15(24-3)19-11-18-14/h6-7,9,11-12H,4-5,8,10H2,1-3H3,(H,17,20,21). The fraction of sp³-hybridized carbons (Fsp3) is 0.500. The van der Waals surface area contributed by atoms with E-state index in [4.69, 9.17) is 4.74 Å². The maximum Gasteiger partial charge on any atom is 0.224 e. The molecule has 0 saturated carbocycles. The minimum atomic E-state index is 0.275. The number of aromatic nitrogens is 4. The van der Waals surface area contributed by atoms with Gasteiger partial charge in [-0.25, -0.2) is 15.0 Å². The van der Waals surface area contributed by atoms with Gasteiger partial charge < -0.3 is 19.9 Å². The fourth-order valence-electron chi connectivity index (χ4n) is 2.77. The highest BCUT2D eigenvalue weighted by atomic mass is 16.5. The Hall–Kier alpha value is -2.64. The van der Waals surface area contributed by atoms with Crippen LogP contribution in [0.15, 0.2) is 24.7 Å². The zero-order chi connectivity index (χ0) is 16.9. The van der Waals surface area contributed by atoms with Gasteiger partial charge in [-0.15, -0.1) is 0 Å². The first-order valence-electron chi connectivity index (χ1n) is 8.03. The molecule has 1 unspecified atom stereocenters. The Morgan fingerprint density at radius 1 is 1.29 bits per heavy atom. The molecule has 1 aliphatic heterocycles. The first kappa shape index (κ1) is 16.2. The van der Waals surface area contributed by atoms with Crippen molar-refractivity contribution >= 4 is 17.6 Å².